The van der Waals surface area contributed by atoms with Crippen LogP contribution in [0.15, 0.2) is 29.2 Å². The first-order valence-corrected chi connectivity index (χ1v) is 7.85. The summed E-state index contributed by atoms with van der Waals surface area (Å²) in [5, 5.41) is 8.75. The molecule has 0 aliphatic heterocycles. The molecule has 106 valence electrons. The zero-order valence-corrected chi connectivity index (χ0v) is 12.4. The summed E-state index contributed by atoms with van der Waals surface area (Å²) in [6, 6.07) is 6.23. The topological polar surface area (TPSA) is 83.6 Å². The van der Waals surface area contributed by atoms with E-state index in [9.17, 15) is 8.42 Å². The van der Waals surface area contributed by atoms with Gasteiger partial charge in [0.25, 0.3) is 0 Å². The van der Waals surface area contributed by atoms with Crippen LogP contribution >= 0.6 is 12.2 Å². The number of hydrogen-bond donors (Lipinski definition) is 2. The molecule has 0 heterocycles. The van der Waals surface area contributed by atoms with Crippen molar-refractivity contribution in [3.63, 3.8) is 0 Å². The summed E-state index contributed by atoms with van der Waals surface area (Å²) in [7, 11) is -1.56. The van der Waals surface area contributed by atoms with E-state index in [2.05, 4.69) is 0 Å². The summed E-state index contributed by atoms with van der Waals surface area (Å²) < 4.78 is 24.1. The number of nitrogens with zero attached hydrogens (tertiary/aromatic N) is 1. The Morgan fingerprint density at radius 3 is 2.37 bits per heavy atom. The number of sulfone groups is 1. The summed E-state index contributed by atoms with van der Waals surface area (Å²) in [5.41, 5.74) is 6.10. The highest BCUT2D eigenvalue weighted by Gasteiger charge is 2.15. The van der Waals surface area contributed by atoms with Gasteiger partial charge in [0, 0.05) is 18.7 Å². The van der Waals surface area contributed by atoms with Crippen molar-refractivity contribution in [1.82, 2.24) is 4.90 Å². The van der Waals surface area contributed by atoms with E-state index in [1.807, 2.05) is 0 Å². The van der Waals surface area contributed by atoms with E-state index in [1.165, 1.54) is 12.1 Å². The maximum atomic E-state index is 12.1. The first-order valence-electron chi connectivity index (χ1n) is 5.79. The predicted octanol–water partition coefficient (Wildman–Crippen LogP) is 0.0186. The Balaban J connectivity index is 2.74. The molecule has 3 N–H and O–H groups in total. The molecule has 7 heteroatoms. The third kappa shape index (κ3) is 4.87. The lowest BCUT2D eigenvalue weighted by Gasteiger charge is -2.14. The van der Waals surface area contributed by atoms with Crippen molar-refractivity contribution in [2.75, 3.05) is 32.5 Å². The molecule has 0 fully saturated rings. The molecule has 1 rings (SSSR count). The van der Waals surface area contributed by atoms with Crippen molar-refractivity contribution < 1.29 is 13.5 Å². The minimum Gasteiger partial charge on any atom is -0.395 e. The molecule has 1 aromatic carbocycles. The second-order valence-electron chi connectivity index (χ2n) is 4.23. The molecular weight excluding hydrogens is 284 g/mol. The molecule has 5 nitrogen and oxygen atoms in total. The Kier molecular flexibility index (Phi) is 5.86. The summed E-state index contributed by atoms with van der Waals surface area (Å²) >= 11 is 4.81. The van der Waals surface area contributed by atoms with E-state index in [0.29, 0.717) is 18.7 Å². The first-order chi connectivity index (χ1) is 8.86. The fraction of sp³-hybridized carbons (Fsp3) is 0.417. The van der Waals surface area contributed by atoms with Crippen LogP contribution in [0.25, 0.3) is 0 Å². The predicted molar refractivity (Wildman–Crippen MR) is 79.0 cm³/mol. The van der Waals surface area contributed by atoms with Crippen LogP contribution in [0.2, 0.25) is 0 Å². The van der Waals surface area contributed by atoms with Gasteiger partial charge in [0.2, 0.25) is 0 Å². The lowest BCUT2D eigenvalue weighted by atomic mass is 10.2. The molecule has 0 atom stereocenters. The van der Waals surface area contributed by atoms with Crippen molar-refractivity contribution >= 4 is 27.0 Å². The number of hydrogen-bond acceptors (Lipinski definition) is 5. The highest BCUT2D eigenvalue weighted by atomic mass is 32.2. The Morgan fingerprint density at radius 2 is 1.89 bits per heavy atom. The van der Waals surface area contributed by atoms with Crippen molar-refractivity contribution in [3.05, 3.63) is 29.8 Å². The van der Waals surface area contributed by atoms with Crippen molar-refractivity contribution in [1.29, 1.82) is 0 Å². The lowest BCUT2D eigenvalue weighted by molar-refractivity contribution is 0.227. The zero-order valence-electron chi connectivity index (χ0n) is 10.7. The van der Waals surface area contributed by atoms with E-state index >= 15 is 0 Å². The van der Waals surface area contributed by atoms with Gasteiger partial charge >= 0.3 is 0 Å². The molecule has 0 saturated heterocycles. The van der Waals surface area contributed by atoms with E-state index in [0.717, 1.165) is 0 Å². The minimum absolute atomic E-state index is 0.00984. The average Bonchev–Trinajstić information content (AvgIpc) is 2.37. The average molecular weight is 302 g/mol. The minimum atomic E-state index is -3.32. The lowest BCUT2D eigenvalue weighted by Crippen LogP contribution is -2.28. The maximum absolute atomic E-state index is 12.1. The number of benzene rings is 1. The highest BCUT2D eigenvalue weighted by molar-refractivity contribution is 7.91. The Bertz CT molecular complexity index is 526. The van der Waals surface area contributed by atoms with Crippen LogP contribution in [0.4, 0.5) is 0 Å². The number of likely N-dealkylation sites (N-methyl/N-ethyl adjacent to an activating group) is 1. The molecule has 0 aliphatic rings. The van der Waals surface area contributed by atoms with Crippen LogP contribution in [0, 0.1) is 0 Å². The van der Waals surface area contributed by atoms with Gasteiger partial charge in [-0.05, 0) is 19.2 Å². The molecule has 1 aromatic rings. The molecule has 0 radical (unpaired) electrons. The highest BCUT2D eigenvalue weighted by Crippen LogP contribution is 2.12. The van der Waals surface area contributed by atoms with E-state index < -0.39 is 9.84 Å². The number of aliphatic hydroxyl groups is 1. The second kappa shape index (κ2) is 6.95. The standard InChI is InChI=1S/C12H18N2O3S2/c1-14(6-8-15)7-9-19(16,17)11-4-2-10(3-5-11)12(13)18/h2-5,15H,6-9H2,1H3,(H2,13,18). The maximum Gasteiger partial charge on any atom is 0.179 e. The van der Waals surface area contributed by atoms with Gasteiger partial charge < -0.3 is 15.7 Å². The molecule has 0 unspecified atom stereocenters. The van der Waals surface area contributed by atoms with Gasteiger partial charge in [0.05, 0.1) is 17.3 Å². The van der Waals surface area contributed by atoms with Crippen LogP contribution in [-0.4, -0.2) is 55.9 Å². The summed E-state index contributed by atoms with van der Waals surface area (Å²) in [4.78, 5) is 2.26. The van der Waals surface area contributed by atoms with Gasteiger partial charge in [-0.15, -0.1) is 0 Å². The largest absolute Gasteiger partial charge is 0.395 e. The molecule has 0 saturated carbocycles. The fourth-order valence-corrected chi connectivity index (χ4v) is 2.98. The SMILES string of the molecule is CN(CCO)CCS(=O)(=O)c1ccc(C(N)=S)cc1. The van der Waals surface area contributed by atoms with E-state index in [1.54, 1.807) is 24.1 Å². The van der Waals surface area contributed by atoms with Crippen LogP contribution in [-0.2, 0) is 9.84 Å². The second-order valence-corrected chi connectivity index (χ2v) is 6.78. The molecule has 0 amide bonds. The zero-order chi connectivity index (χ0) is 14.5. The van der Waals surface area contributed by atoms with E-state index in [4.69, 9.17) is 23.1 Å². The van der Waals surface area contributed by atoms with Gasteiger partial charge in [0.1, 0.15) is 4.99 Å². The van der Waals surface area contributed by atoms with Crippen LogP contribution in [0.5, 0.6) is 0 Å². The van der Waals surface area contributed by atoms with Crippen molar-refractivity contribution in [2.45, 2.75) is 4.90 Å². The monoisotopic (exact) mass is 302 g/mol. The number of nitrogens with two attached hydrogens (primary N) is 1. The first kappa shape index (κ1) is 16.0. The van der Waals surface area contributed by atoms with Crippen LogP contribution in [0.1, 0.15) is 5.56 Å². The number of rotatable bonds is 7. The van der Waals surface area contributed by atoms with Gasteiger partial charge in [0.15, 0.2) is 9.84 Å². The van der Waals surface area contributed by atoms with Gasteiger partial charge in [-0.2, -0.15) is 0 Å². The molecule has 0 spiro atoms. The van der Waals surface area contributed by atoms with Gasteiger partial charge in [-0.3, -0.25) is 0 Å². The van der Waals surface area contributed by atoms with Gasteiger partial charge in [-0.1, -0.05) is 24.4 Å². The normalized spacial score (nSPS) is 11.7. The number of aliphatic hydroxyl groups excluding tert-OH is 1. The molecule has 0 bridgehead atoms. The summed E-state index contributed by atoms with van der Waals surface area (Å²) in [6.07, 6.45) is 0. The summed E-state index contributed by atoms with van der Waals surface area (Å²) in [6.45, 7) is 0.842. The Hall–Kier alpha value is -1.02. The van der Waals surface area contributed by atoms with E-state index in [-0.39, 0.29) is 22.2 Å². The quantitative estimate of drug-likeness (QED) is 0.691. The van der Waals surface area contributed by atoms with Crippen molar-refractivity contribution in [2.24, 2.45) is 5.73 Å². The Morgan fingerprint density at radius 1 is 1.32 bits per heavy atom. The van der Waals surface area contributed by atoms with Gasteiger partial charge in [-0.25, -0.2) is 8.42 Å². The fourth-order valence-electron chi connectivity index (χ4n) is 1.50. The molecule has 19 heavy (non-hydrogen) atoms. The van der Waals surface area contributed by atoms with Crippen LogP contribution in [0.3, 0.4) is 0 Å². The van der Waals surface area contributed by atoms with Crippen molar-refractivity contribution in [3.8, 4) is 0 Å². The molecular formula is C12H18N2O3S2. The molecule has 0 aromatic heterocycles. The Labute approximate surface area is 118 Å². The van der Waals surface area contributed by atoms with Crippen LogP contribution < -0.4 is 5.73 Å². The number of thiocarbonyl (C=S) groups is 1. The third-order valence-corrected chi connectivity index (χ3v) is 4.67. The summed E-state index contributed by atoms with van der Waals surface area (Å²) in [5.74, 6) is 0.00984. The molecule has 0 aliphatic carbocycles. The third-order valence-electron chi connectivity index (χ3n) is 2.72. The smallest absolute Gasteiger partial charge is 0.179 e.